The summed E-state index contributed by atoms with van der Waals surface area (Å²) in [5.74, 6) is -1.20. The number of rotatable bonds is 4. The average molecular weight is 197 g/mol. The van der Waals surface area contributed by atoms with E-state index in [1.165, 1.54) is 0 Å². The lowest BCUT2D eigenvalue weighted by Gasteiger charge is -2.09. The van der Waals surface area contributed by atoms with Crippen molar-refractivity contribution in [2.24, 2.45) is 0 Å². The fourth-order valence-corrected chi connectivity index (χ4v) is 1.41. The zero-order valence-corrected chi connectivity index (χ0v) is 8.61. The predicted molar refractivity (Wildman–Crippen MR) is 51.1 cm³/mol. The van der Waals surface area contributed by atoms with Crippen LogP contribution in [0.15, 0.2) is 0 Å². The lowest BCUT2D eigenvalue weighted by molar-refractivity contribution is -0.139. The van der Waals surface area contributed by atoms with E-state index in [0.717, 1.165) is 5.69 Å². The zero-order valence-electron chi connectivity index (χ0n) is 8.61. The van der Waals surface area contributed by atoms with Crippen molar-refractivity contribution in [1.29, 1.82) is 0 Å². The molecule has 14 heavy (non-hydrogen) atoms. The first-order chi connectivity index (χ1) is 6.57. The highest BCUT2D eigenvalue weighted by Crippen LogP contribution is 2.24. The Labute approximate surface area is 82.5 Å². The van der Waals surface area contributed by atoms with Crippen molar-refractivity contribution in [3.8, 4) is 0 Å². The summed E-state index contributed by atoms with van der Waals surface area (Å²) in [7, 11) is 0. The number of carboxylic acids is 1. The molecule has 0 aliphatic rings. The molecule has 78 valence electrons. The van der Waals surface area contributed by atoms with E-state index in [1.807, 2.05) is 20.8 Å². The quantitative estimate of drug-likeness (QED) is 0.766. The van der Waals surface area contributed by atoms with Gasteiger partial charge in [0.2, 0.25) is 0 Å². The van der Waals surface area contributed by atoms with E-state index in [2.05, 4.69) is 15.4 Å². The van der Waals surface area contributed by atoms with Crippen LogP contribution in [0, 0.1) is 0 Å². The topological polar surface area (TPSA) is 78.9 Å². The second-order valence-electron chi connectivity index (χ2n) is 3.55. The molecule has 0 saturated heterocycles. The normalized spacial score (nSPS) is 13.1. The molecule has 0 radical (unpaired) electrons. The van der Waals surface area contributed by atoms with Crippen LogP contribution in [0.1, 0.15) is 50.4 Å². The molecule has 1 aromatic heterocycles. The third kappa shape index (κ3) is 1.92. The molecule has 1 heterocycles. The van der Waals surface area contributed by atoms with Crippen LogP contribution in [0.3, 0.4) is 0 Å². The van der Waals surface area contributed by atoms with Gasteiger partial charge in [-0.3, -0.25) is 4.79 Å². The molecule has 5 nitrogen and oxygen atoms in total. The van der Waals surface area contributed by atoms with Gasteiger partial charge in [0.1, 0.15) is 11.6 Å². The Morgan fingerprint density at radius 3 is 2.43 bits per heavy atom. The molecular weight excluding hydrogens is 182 g/mol. The molecule has 1 atom stereocenters. The maximum absolute atomic E-state index is 10.9. The molecule has 0 spiro atoms. The minimum absolute atomic E-state index is 0.192. The Balaban J connectivity index is 3.03. The molecule has 2 N–H and O–H groups in total. The highest BCUT2D eigenvalue weighted by atomic mass is 16.4. The molecule has 1 rings (SSSR count). The van der Waals surface area contributed by atoms with Crippen molar-refractivity contribution in [3.05, 3.63) is 11.4 Å². The summed E-state index contributed by atoms with van der Waals surface area (Å²) >= 11 is 0. The monoisotopic (exact) mass is 197 g/mol. The number of nitrogens with zero attached hydrogens (tertiary/aromatic N) is 2. The van der Waals surface area contributed by atoms with Gasteiger partial charge < -0.3 is 5.11 Å². The Kier molecular flexibility index (Phi) is 3.22. The molecule has 1 unspecified atom stereocenters. The van der Waals surface area contributed by atoms with Crippen LogP contribution in [-0.2, 0) is 4.79 Å². The number of hydrogen-bond acceptors (Lipinski definition) is 3. The van der Waals surface area contributed by atoms with Gasteiger partial charge in [-0.1, -0.05) is 20.8 Å². The maximum Gasteiger partial charge on any atom is 0.312 e. The van der Waals surface area contributed by atoms with Gasteiger partial charge in [-0.25, -0.2) is 0 Å². The van der Waals surface area contributed by atoms with Crippen molar-refractivity contribution in [3.63, 3.8) is 0 Å². The van der Waals surface area contributed by atoms with E-state index in [9.17, 15) is 4.79 Å². The number of carboxylic acid groups (broad SMARTS) is 1. The van der Waals surface area contributed by atoms with Crippen LogP contribution < -0.4 is 0 Å². The molecule has 0 aromatic carbocycles. The summed E-state index contributed by atoms with van der Waals surface area (Å²) in [6, 6.07) is 0. The molecule has 0 fully saturated rings. The van der Waals surface area contributed by atoms with E-state index in [-0.39, 0.29) is 5.92 Å². The Bertz CT molecular complexity index is 320. The number of carbonyl (C=O) groups is 1. The van der Waals surface area contributed by atoms with Gasteiger partial charge in [-0.05, 0) is 12.3 Å². The van der Waals surface area contributed by atoms with Crippen LogP contribution >= 0.6 is 0 Å². The molecule has 0 saturated carbocycles. The third-order valence-electron chi connectivity index (χ3n) is 2.19. The van der Waals surface area contributed by atoms with Crippen molar-refractivity contribution in [2.75, 3.05) is 0 Å². The number of nitrogens with one attached hydrogen (secondary N) is 1. The van der Waals surface area contributed by atoms with Gasteiger partial charge in [-0.15, -0.1) is 0 Å². The van der Waals surface area contributed by atoms with E-state index >= 15 is 0 Å². The number of aromatic amines is 1. The third-order valence-corrected chi connectivity index (χ3v) is 2.19. The van der Waals surface area contributed by atoms with Gasteiger partial charge in [0.25, 0.3) is 0 Å². The van der Waals surface area contributed by atoms with Crippen LogP contribution in [-0.4, -0.2) is 26.5 Å². The zero-order chi connectivity index (χ0) is 10.7. The van der Waals surface area contributed by atoms with Gasteiger partial charge in [0.15, 0.2) is 0 Å². The number of aromatic nitrogens is 3. The summed E-state index contributed by atoms with van der Waals surface area (Å²) in [5.41, 5.74) is 1.31. The highest BCUT2D eigenvalue weighted by Gasteiger charge is 2.25. The molecular formula is C9H15N3O2. The maximum atomic E-state index is 10.9. The van der Waals surface area contributed by atoms with E-state index < -0.39 is 11.9 Å². The van der Waals surface area contributed by atoms with Gasteiger partial charge in [0.05, 0.1) is 5.69 Å². The number of H-pyrrole nitrogens is 1. The van der Waals surface area contributed by atoms with Crippen molar-refractivity contribution >= 4 is 5.97 Å². The first-order valence-corrected chi connectivity index (χ1v) is 4.71. The van der Waals surface area contributed by atoms with E-state index in [1.54, 1.807) is 0 Å². The molecule has 0 aliphatic heterocycles. The van der Waals surface area contributed by atoms with Crippen LogP contribution in [0.5, 0.6) is 0 Å². The molecule has 5 heteroatoms. The van der Waals surface area contributed by atoms with Crippen molar-refractivity contribution < 1.29 is 9.90 Å². The summed E-state index contributed by atoms with van der Waals surface area (Å²) in [6.07, 6.45) is 0.529. The Morgan fingerprint density at radius 1 is 1.43 bits per heavy atom. The number of aliphatic carboxylic acids is 1. The highest BCUT2D eigenvalue weighted by molar-refractivity contribution is 5.75. The van der Waals surface area contributed by atoms with Crippen LogP contribution in [0.4, 0.5) is 0 Å². The predicted octanol–water partition coefficient (Wildman–Crippen LogP) is 1.51. The lowest BCUT2D eigenvalue weighted by Crippen LogP contribution is -2.13. The second-order valence-corrected chi connectivity index (χ2v) is 3.55. The van der Waals surface area contributed by atoms with E-state index in [0.29, 0.717) is 12.1 Å². The molecule has 0 amide bonds. The van der Waals surface area contributed by atoms with Gasteiger partial charge in [-0.2, -0.15) is 15.4 Å². The SMILES string of the molecule is CCC(C(=O)O)c1n[nH]nc1C(C)C. The fourth-order valence-electron chi connectivity index (χ4n) is 1.41. The minimum atomic E-state index is -0.844. The lowest BCUT2D eigenvalue weighted by atomic mass is 9.97. The standard InChI is InChI=1S/C9H15N3O2/c1-4-6(9(13)14)8-7(5(2)3)10-12-11-8/h5-6H,4H2,1-3H3,(H,13,14)(H,10,11,12). The van der Waals surface area contributed by atoms with E-state index in [4.69, 9.17) is 5.11 Å². The second kappa shape index (κ2) is 4.21. The Morgan fingerprint density at radius 2 is 2.00 bits per heavy atom. The number of hydrogen-bond donors (Lipinski definition) is 2. The van der Waals surface area contributed by atoms with Crippen LogP contribution in [0.2, 0.25) is 0 Å². The summed E-state index contributed by atoms with van der Waals surface area (Å²) in [4.78, 5) is 10.9. The molecule has 1 aromatic rings. The largest absolute Gasteiger partial charge is 0.481 e. The smallest absolute Gasteiger partial charge is 0.312 e. The van der Waals surface area contributed by atoms with Crippen molar-refractivity contribution in [1.82, 2.24) is 15.4 Å². The van der Waals surface area contributed by atoms with Gasteiger partial charge >= 0.3 is 5.97 Å². The first-order valence-electron chi connectivity index (χ1n) is 4.71. The summed E-state index contributed by atoms with van der Waals surface area (Å²) in [6.45, 7) is 5.77. The first kappa shape index (κ1) is 10.7. The van der Waals surface area contributed by atoms with Crippen molar-refractivity contribution in [2.45, 2.75) is 39.0 Å². The summed E-state index contributed by atoms with van der Waals surface area (Å²) in [5, 5.41) is 19.3. The average Bonchev–Trinajstić information content (AvgIpc) is 2.53. The molecule has 0 aliphatic carbocycles. The minimum Gasteiger partial charge on any atom is -0.481 e. The van der Waals surface area contributed by atoms with Crippen LogP contribution in [0.25, 0.3) is 0 Å². The fraction of sp³-hybridized carbons (Fsp3) is 0.667. The Hall–Kier alpha value is -1.39. The summed E-state index contributed by atoms with van der Waals surface area (Å²) < 4.78 is 0. The molecule has 0 bridgehead atoms. The van der Waals surface area contributed by atoms with Gasteiger partial charge in [0, 0.05) is 0 Å².